The summed E-state index contributed by atoms with van der Waals surface area (Å²) < 4.78 is 0. The number of pyridine rings is 2. The number of fused-ring (bicyclic) bond motifs is 1. The third kappa shape index (κ3) is 1.53. The highest BCUT2D eigenvalue weighted by atomic mass is 32.1. The molecule has 0 aliphatic rings. The van der Waals surface area contributed by atoms with Gasteiger partial charge in [-0.05, 0) is 40.6 Å². The van der Waals surface area contributed by atoms with Crippen LogP contribution in [0.25, 0.3) is 22.2 Å². The van der Waals surface area contributed by atoms with Crippen LogP contribution in [0.3, 0.4) is 0 Å². The molecule has 16 heavy (non-hydrogen) atoms. The Hall–Kier alpha value is -1.94. The fourth-order valence-electron chi connectivity index (χ4n) is 1.61. The summed E-state index contributed by atoms with van der Waals surface area (Å²) in [6.07, 6.45) is 1.83. The van der Waals surface area contributed by atoms with E-state index in [4.69, 9.17) is 5.73 Å². The average molecular weight is 227 g/mol. The van der Waals surface area contributed by atoms with Crippen LogP contribution in [0, 0.1) is 0 Å². The molecule has 3 rings (SSSR count). The smallest absolute Gasteiger partial charge is 0.161 e. The first-order valence-corrected chi connectivity index (χ1v) is 5.82. The Morgan fingerprint density at radius 2 is 2.06 bits per heavy atom. The predicted octanol–water partition coefficient (Wildman–Crippen LogP) is 2.94. The predicted molar refractivity (Wildman–Crippen MR) is 67.3 cm³/mol. The van der Waals surface area contributed by atoms with Crippen molar-refractivity contribution in [1.82, 2.24) is 9.97 Å². The van der Waals surface area contributed by atoms with Gasteiger partial charge in [0.15, 0.2) is 5.65 Å². The molecule has 0 atom stereocenters. The second-order valence-electron chi connectivity index (χ2n) is 3.52. The fraction of sp³-hybridized carbons (Fsp3) is 0. The van der Waals surface area contributed by atoms with Crippen LogP contribution in [-0.2, 0) is 0 Å². The maximum atomic E-state index is 5.61. The zero-order chi connectivity index (χ0) is 11.0. The highest BCUT2D eigenvalue weighted by Gasteiger charge is 2.02. The van der Waals surface area contributed by atoms with Gasteiger partial charge in [-0.25, -0.2) is 9.97 Å². The zero-order valence-corrected chi connectivity index (χ0v) is 9.24. The number of nitrogen functional groups attached to an aromatic ring is 1. The Labute approximate surface area is 96.6 Å². The van der Waals surface area contributed by atoms with E-state index in [1.54, 1.807) is 17.4 Å². The number of aromatic nitrogens is 2. The molecule has 0 aromatic carbocycles. The third-order valence-electron chi connectivity index (χ3n) is 2.42. The number of nitrogens with zero attached hydrogens (tertiary/aromatic N) is 2. The number of anilines is 1. The molecular weight excluding hydrogens is 218 g/mol. The molecule has 0 amide bonds. The first kappa shape index (κ1) is 9.30. The second-order valence-corrected chi connectivity index (χ2v) is 4.30. The quantitative estimate of drug-likeness (QED) is 0.695. The largest absolute Gasteiger partial charge is 0.384 e. The molecule has 3 aromatic rings. The van der Waals surface area contributed by atoms with E-state index in [1.807, 2.05) is 12.3 Å². The Bertz CT molecular complexity index is 632. The Morgan fingerprint density at radius 1 is 1.12 bits per heavy atom. The molecule has 0 saturated heterocycles. The molecule has 2 N–H and O–H groups in total. The summed E-state index contributed by atoms with van der Waals surface area (Å²) in [5.74, 6) is 0.503. The monoisotopic (exact) mass is 227 g/mol. The molecule has 3 nitrogen and oxygen atoms in total. The number of thiophene rings is 1. The topological polar surface area (TPSA) is 51.8 Å². The van der Waals surface area contributed by atoms with Crippen LogP contribution < -0.4 is 5.73 Å². The van der Waals surface area contributed by atoms with E-state index in [-0.39, 0.29) is 0 Å². The SMILES string of the molecule is Nc1ccc2cc(-c3ccsc3)cnc2n1. The van der Waals surface area contributed by atoms with Gasteiger partial charge in [0.2, 0.25) is 0 Å². The van der Waals surface area contributed by atoms with E-state index < -0.39 is 0 Å². The van der Waals surface area contributed by atoms with Crippen molar-refractivity contribution in [2.45, 2.75) is 0 Å². The highest BCUT2D eigenvalue weighted by molar-refractivity contribution is 7.08. The van der Waals surface area contributed by atoms with Crippen molar-refractivity contribution in [1.29, 1.82) is 0 Å². The van der Waals surface area contributed by atoms with Crippen LogP contribution >= 0.6 is 11.3 Å². The summed E-state index contributed by atoms with van der Waals surface area (Å²) in [5.41, 5.74) is 8.60. The number of rotatable bonds is 1. The van der Waals surface area contributed by atoms with Crippen LogP contribution in [0.2, 0.25) is 0 Å². The first-order chi connectivity index (χ1) is 7.83. The normalized spacial score (nSPS) is 10.8. The minimum atomic E-state index is 0.503. The highest BCUT2D eigenvalue weighted by Crippen LogP contribution is 2.24. The van der Waals surface area contributed by atoms with Crippen LogP contribution in [0.5, 0.6) is 0 Å². The first-order valence-electron chi connectivity index (χ1n) is 4.88. The summed E-state index contributed by atoms with van der Waals surface area (Å²) in [6, 6.07) is 7.90. The lowest BCUT2D eigenvalue weighted by Crippen LogP contribution is -1.91. The minimum Gasteiger partial charge on any atom is -0.384 e. The molecule has 3 heterocycles. The van der Waals surface area contributed by atoms with Gasteiger partial charge in [-0.1, -0.05) is 0 Å². The van der Waals surface area contributed by atoms with Crippen molar-refractivity contribution in [2.75, 3.05) is 5.73 Å². The van der Waals surface area contributed by atoms with Gasteiger partial charge in [0.25, 0.3) is 0 Å². The molecule has 0 saturated carbocycles. The number of nitrogens with two attached hydrogens (primary N) is 1. The third-order valence-corrected chi connectivity index (χ3v) is 3.10. The standard InChI is InChI=1S/C12H9N3S/c13-11-2-1-8-5-10(6-14-12(8)15-11)9-3-4-16-7-9/h1-7H,(H2,13,14,15). The molecule has 78 valence electrons. The van der Waals surface area contributed by atoms with Crippen molar-refractivity contribution < 1.29 is 0 Å². The summed E-state index contributed by atoms with van der Waals surface area (Å²) in [7, 11) is 0. The Kier molecular flexibility index (Phi) is 2.08. The van der Waals surface area contributed by atoms with Crippen molar-refractivity contribution in [3.05, 3.63) is 41.2 Å². The molecule has 0 aliphatic carbocycles. The maximum absolute atomic E-state index is 5.61. The van der Waals surface area contributed by atoms with Crippen LogP contribution in [-0.4, -0.2) is 9.97 Å². The van der Waals surface area contributed by atoms with E-state index in [1.165, 1.54) is 5.56 Å². The second kappa shape index (κ2) is 3.57. The van der Waals surface area contributed by atoms with E-state index in [0.29, 0.717) is 11.5 Å². The van der Waals surface area contributed by atoms with Crippen molar-refractivity contribution >= 4 is 28.2 Å². The summed E-state index contributed by atoms with van der Waals surface area (Å²) >= 11 is 1.68. The maximum Gasteiger partial charge on any atom is 0.161 e. The molecule has 0 unspecified atom stereocenters. The fourth-order valence-corrected chi connectivity index (χ4v) is 2.28. The lowest BCUT2D eigenvalue weighted by Gasteiger charge is -2.01. The molecule has 3 aromatic heterocycles. The lowest BCUT2D eigenvalue weighted by atomic mass is 10.1. The molecule has 4 heteroatoms. The lowest BCUT2D eigenvalue weighted by molar-refractivity contribution is 1.29. The number of hydrogen-bond donors (Lipinski definition) is 1. The van der Waals surface area contributed by atoms with Crippen molar-refractivity contribution in [3.63, 3.8) is 0 Å². The van der Waals surface area contributed by atoms with Crippen molar-refractivity contribution in [3.8, 4) is 11.1 Å². The summed E-state index contributed by atoms with van der Waals surface area (Å²) in [6.45, 7) is 0. The van der Waals surface area contributed by atoms with Gasteiger partial charge in [-0.3, -0.25) is 0 Å². The van der Waals surface area contributed by atoms with Gasteiger partial charge in [0.1, 0.15) is 5.82 Å². The molecule has 0 aliphatic heterocycles. The van der Waals surface area contributed by atoms with Crippen molar-refractivity contribution in [2.24, 2.45) is 0 Å². The Morgan fingerprint density at radius 3 is 2.88 bits per heavy atom. The van der Waals surface area contributed by atoms with E-state index in [0.717, 1.165) is 10.9 Å². The van der Waals surface area contributed by atoms with Gasteiger partial charge in [0.05, 0.1) is 0 Å². The van der Waals surface area contributed by atoms with Gasteiger partial charge in [-0.15, -0.1) is 0 Å². The van der Waals surface area contributed by atoms with Gasteiger partial charge >= 0.3 is 0 Å². The molecule has 0 bridgehead atoms. The van der Waals surface area contributed by atoms with Crippen LogP contribution in [0.4, 0.5) is 5.82 Å². The molecule has 0 spiro atoms. The zero-order valence-electron chi connectivity index (χ0n) is 8.42. The Balaban J connectivity index is 2.20. The minimum absolute atomic E-state index is 0.503. The van der Waals surface area contributed by atoms with Gasteiger partial charge < -0.3 is 5.73 Å². The van der Waals surface area contributed by atoms with E-state index >= 15 is 0 Å². The molecule has 0 radical (unpaired) electrons. The summed E-state index contributed by atoms with van der Waals surface area (Å²) in [4.78, 5) is 8.48. The van der Waals surface area contributed by atoms with E-state index in [2.05, 4.69) is 32.9 Å². The summed E-state index contributed by atoms with van der Waals surface area (Å²) in [5, 5.41) is 5.17. The van der Waals surface area contributed by atoms with Gasteiger partial charge in [0, 0.05) is 17.1 Å². The average Bonchev–Trinajstić information content (AvgIpc) is 2.82. The van der Waals surface area contributed by atoms with Crippen LogP contribution in [0.15, 0.2) is 41.2 Å². The van der Waals surface area contributed by atoms with E-state index in [9.17, 15) is 0 Å². The molecule has 0 fully saturated rings. The molecular formula is C12H9N3S. The van der Waals surface area contributed by atoms with Gasteiger partial charge in [-0.2, -0.15) is 11.3 Å². The van der Waals surface area contributed by atoms with Crippen LogP contribution in [0.1, 0.15) is 0 Å². The number of hydrogen-bond acceptors (Lipinski definition) is 4.